The average Bonchev–Trinajstić information content (AvgIpc) is 1.62. The number of rotatable bonds is 17. The Hall–Kier alpha value is -12.0. The highest BCUT2D eigenvalue weighted by atomic mass is 35.5. The minimum absolute atomic E-state index is 0. The lowest BCUT2D eigenvalue weighted by atomic mass is 9.95. The quantitative estimate of drug-likeness (QED) is 0.0186. The fraction of sp³-hybridized carbons (Fsp3) is 0.329. The third-order valence-electron chi connectivity index (χ3n) is 17.9. The molecule has 4 aliphatic rings. The molecule has 2 amide bonds. The number of aromatic nitrogens is 8. The lowest BCUT2D eigenvalue weighted by molar-refractivity contribution is -0.385. The first-order valence-corrected chi connectivity index (χ1v) is 34.7. The molecule has 0 bridgehead atoms. The molecule has 0 fully saturated rings. The highest BCUT2D eigenvalue weighted by Crippen LogP contribution is 2.36. The second-order valence-corrected chi connectivity index (χ2v) is 26.2. The Labute approximate surface area is 639 Å². The van der Waals surface area contributed by atoms with Gasteiger partial charge in [-0.25, -0.2) is 14.4 Å². The molecule has 4 aromatic carbocycles. The highest BCUT2D eigenvalue weighted by Gasteiger charge is 2.38. The summed E-state index contributed by atoms with van der Waals surface area (Å²) in [7, 11) is -1.00. The van der Waals surface area contributed by atoms with E-state index in [9.17, 15) is 68.6 Å². The van der Waals surface area contributed by atoms with E-state index < -0.39 is 34.9 Å². The number of nitrogen functional groups attached to an aromatic ring is 1. The van der Waals surface area contributed by atoms with Gasteiger partial charge in [-0.2, -0.15) is 15.3 Å². The van der Waals surface area contributed by atoms with Crippen molar-refractivity contribution in [2.45, 2.75) is 126 Å². The Bertz CT molecular complexity index is 4880. The maximum absolute atomic E-state index is 12.9. The predicted molar refractivity (Wildman–Crippen MR) is 407 cm³/mol. The van der Waals surface area contributed by atoms with Gasteiger partial charge in [0.25, 0.3) is 28.9 Å². The number of nitro benzene ring substituents is 3. The van der Waals surface area contributed by atoms with Gasteiger partial charge in [0.2, 0.25) is 5.24 Å². The summed E-state index contributed by atoms with van der Waals surface area (Å²) < 4.78 is 31.1. The number of nitrogens with one attached hydrogen (secondary N) is 3. The largest absolute Gasteiger partial charge is 0.476 e. The van der Waals surface area contributed by atoms with E-state index in [1.54, 1.807) is 133 Å². The molecule has 0 spiro atoms. The fourth-order valence-corrected chi connectivity index (χ4v) is 13.4. The van der Waals surface area contributed by atoms with E-state index in [1.807, 2.05) is 61.9 Å². The van der Waals surface area contributed by atoms with Crippen LogP contribution < -0.4 is 11.1 Å². The van der Waals surface area contributed by atoms with Crippen molar-refractivity contribution in [2.24, 2.45) is 0 Å². The van der Waals surface area contributed by atoms with Crippen molar-refractivity contribution in [3.05, 3.63) is 271 Å². The number of hydrogen-bond donors (Lipinski definition) is 5. The van der Waals surface area contributed by atoms with Gasteiger partial charge in [0.05, 0.1) is 69.2 Å². The number of aromatic amines is 2. The van der Waals surface area contributed by atoms with Crippen molar-refractivity contribution < 1.29 is 63.9 Å². The number of allylic oxidation sites excluding steroid dienone is 4. The normalized spacial score (nSPS) is 14.9. The van der Waals surface area contributed by atoms with E-state index in [-0.39, 0.29) is 107 Å². The van der Waals surface area contributed by atoms with Crippen LogP contribution in [-0.2, 0) is 53.5 Å². The van der Waals surface area contributed by atoms with E-state index in [4.69, 9.17) is 28.2 Å². The van der Waals surface area contributed by atoms with Gasteiger partial charge in [-0.3, -0.25) is 63.2 Å². The molecule has 9 aromatic rings. The van der Waals surface area contributed by atoms with Crippen LogP contribution >= 0.6 is 24.0 Å². The number of hydrogen-bond acceptors (Lipinski definition) is 19. The zero-order valence-electron chi connectivity index (χ0n) is 62.4. The number of aryl methyl sites for hydroxylation is 4. The second kappa shape index (κ2) is 38.5. The summed E-state index contributed by atoms with van der Waals surface area (Å²) in [6.45, 7) is 20.8. The second-order valence-electron chi connectivity index (χ2n) is 25.9. The molecule has 1 aliphatic carbocycles. The predicted octanol–water partition coefficient (Wildman–Crippen LogP) is 13.1. The van der Waals surface area contributed by atoms with Crippen LogP contribution in [0, 0.1) is 58.0 Å². The van der Waals surface area contributed by atoms with Gasteiger partial charge in [0.15, 0.2) is 17.1 Å². The molecule has 5 aromatic heterocycles. The van der Waals surface area contributed by atoms with Crippen LogP contribution in [0.15, 0.2) is 139 Å². The van der Waals surface area contributed by atoms with E-state index >= 15 is 0 Å². The number of esters is 2. The average molecular weight is 1540 g/mol. The molecule has 30 nitrogen and oxygen atoms in total. The Morgan fingerprint density at radius 3 is 1.37 bits per heavy atom. The van der Waals surface area contributed by atoms with Crippen LogP contribution in [0.25, 0.3) is 0 Å². The summed E-state index contributed by atoms with van der Waals surface area (Å²) in [4.78, 5) is 114. The van der Waals surface area contributed by atoms with Crippen LogP contribution in [0.2, 0.25) is 0 Å². The molecular weight excluding hydrogens is 1450 g/mol. The standard InChI is InChI=1S/C23H25N5O5.C21H21N5O5.C18H22N4O4.C7H9N.C6H5ClO.CH3F.ClH/c1-4-33-23(30)20-17-13-26(22(29)18-6-5-9-24-18)11-15(3)21(17)27(25-20)12-16-7-8-19(28(31)32)14(2)10-16;1-12-8-14(5-6-17(12)26(30)31)10-25-19-13(2)9-24(20(27)16-4-3-7-22-16)11-15(19)18(23-25)21(28)29;1-4-26-18(23)16-14-9-19-8-12(3)17(14)21(20-16)10-13-5-6-15(22(24)25)11(2)7-13;1-6-3-2-4-7(8)5-6;7-6(8)5-3-1-2-4-5;1-2;/h5-10,15,24H,4,11-13H2,1-3H3;3-8,13,22H,9-11H2,1-2H3,(H,28,29);5-7,12,19H,4,8-10H2,1-3H3;2-5H,8H2,1H3;1-3H,4H2;1H3;1H/i;;;;;1D;. The molecule has 0 saturated heterocycles. The number of carbonyl (C=O) groups excluding carboxylic acids is 5. The number of halogens is 3. The number of fused-ring (bicyclic) bond motifs is 3. The van der Waals surface area contributed by atoms with Gasteiger partial charge < -0.3 is 45.4 Å². The van der Waals surface area contributed by atoms with E-state index in [2.05, 4.69) is 37.5 Å². The van der Waals surface area contributed by atoms with E-state index in [1.165, 1.54) is 23.8 Å². The SMILES string of the molecule is CCOC(=O)c1nn(Cc2ccc([N+](=O)[O-])c(C)c2)c2c1CN(C(=O)c1ccc[nH]1)CC2C.CCOC(=O)c1nn(Cc2ccc([N+](=O)[O-])c(C)c2)c2c1CNCC2C.Cc1cc(Cn2nc(C(=O)O)c3c2C(C)CN(C(=O)c2ccc[nH]2)C3)ccc1[N+](=O)[O-].Cc1cccc(N)c1.Cl.O=C(Cl)C1=CC=CC1.[2H]CF. The first-order chi connectivity index (χ1) is 52.0. The zero-order chi connectivity index (χ0) is 79.5. The number of carboxylic acids is 1. The topological polar surface area (TPSA) is 400 Å². The number of nitrogens with two attached hydrogens (primary N) is 1. The lowest BCUT2D eigenvalue weighted by Crippen LogP contribution is -2.38. The third kappa shape index (κ3) is 20.8. The number of ether oxygens (including phenoxy) is 2. The summed E-state index contributed by atoms with van der Waals surface area (Å²) in [5.41, 5.74) is 18.7. The third-order valence-corrected chi connectivity index (χ3v) is 18.2. The number of aromatic carboxylic acids is 1. The molecule has 0 radical (unpaired) electrons. The molecule has 3 unspecified atom stereocenters. The first kappa shape index (κ1) is 82.7. The number of benzene rings is 4. The van der Waals surface area contributed by atoms with E-state index in [0.717, 1.165) is 51.6 Å². The van der Waals surface area contributed by atoms with Gasteiger partial charge in [-0.1, -0.05) is 69.3 Å². The maximum Gasteiger partial charge on any atom is 0.359 e. The van der Waals surface area contributed by atoms with E-state index in [0.29, 0.717) is 96.2 Å². The van der Waals surface area contributed by atoms with Crippen molar-refractivity contribution in [1.29, 1.82) is 0 Å². The van der Waals surface area contributed by atoms with Crippen molar-refractivity contribution >= 4 is 81.7 Å². The van der Waals surface area contributed by atoms with Crippen LogP contribution in [0.5, 0.6) is 0 Å². The molecule has 576 valence electrons. The number of carboxylic acid groups (broad SMARTS) is 1. The molecule has 13 rings (SSSR count). The number of H-pyrrole nitrogens is 2. The maximum atomic E-state index is 12.9. The minimum Gasteiger partial charge on any atom is -0.476 e. The van der Waals surface area contributed by atoms with Crippen LogP contribution in [0.1, 0.15) is 185 Å². The molecule has 109 heavy (non-hydrogen) atoms. The van der Waals surface area contributed by atoms with Crippen LogP contribution in [0.4, 0.5) is 27.1 Å². The number of carbonyl (C=O) groups is 6. The van der Waals surface area contributed by atoms with Crippen molar-refractivity contribution in [2.75, 3.05) is 45.7 Å². The smallest absolute Gasteiger partial charge is 0.359 e. The number of nitrogens with zero attached hydrogens (tertiary/aromatic N) is 11. The summed E-state index contributed by atoms with van der Waals surface area (Å²) in [6.07, 6.45) is 9.52. The summed E-state index contributed by atoms with van der Waals surface area (Å²) in [6, 6.07) is 29.5. The Morgan fingerprint density at radius 2 is 1.04 bits per heavy atom. The molecule has 3 atom stereocenters. The number of amides is 2. The van der Waals surface area contributed by atoms with Crippen molar-refractivity contribution in [3.8, 4) is 0 Å². The van der Waals surface area contributed by atoms with Crippen molar-refractivity contribution in [3.63, 3.8) is 0 Å². The van der Waals surface area contributed by atoms with Gasteiger partial charge in [-0.05, 0) is 136 Å². The Balaban J connectivity index is 0.000000204. The molecule has 0 saturated carbocycles. The number of alkyl halides is 1. The van der Waals surface area contributed by atoms with Crippen LogP contribution in [-0.4, -0.2) is 144 Å². The molecule has 6 N–H and O–H groups in total. The summed E-state index contributed by atoms with van der Waals surface area (Å²) in [5.74, 6) is -2.47. The van der Waals surface area contributed by atoms with Gasteiger partial charge >= 0.3 is 17.9 Å². The minimum atomic E-state index is -1.16. The molecule has 3 aliphatic heterocycles. The Morgan fingerprint density at radius 1 is 0.624 bits per heavy atom. The molecule has 8 heterocycles. The van der Waals surface area contributed by atoms with Gasteiger partial charge in [0.1, 0.15) is 11.4 Å². The van der Waals surface area contributed by atoms with Gasteiger partial charge in [0, 0.05) is 136 Å². The summed E-state index contributed by atoms with van der Waals surface area (Å²) in [5, 5.41) is 59.2. The van der Waals surface area contributed by atoms with Crippen molar-refractivity contribution in [1.82, 2.24) is 54.4 Å². The number of nitro groups is 3. The zero-order valence-corrected chi connectivity index (χ0v) is 63.0. The molecule has 33 heteroatoms. The highest BCUT2D eigenvalue weighted by molar-refractivity contribution is 6.67. The molecular formula is C76H86Cl2FN15O15. The summed E-state index contributed by atoms with van der Waals surface area (Å²) >= 11 is 5.14. The fourth-order valence-electron chi connectivity index (χ4n) is 13.2. The van der Waals surface area contributed by atoms with Gasteiger partial charge in [-0.15, -0.1) is 12.4 Å². The monoisotopic (exact) mass is 1540 g/mol. The van der Waals surface area contributed by atoms with Crippen LogP contribution in [0.3, 0.4) is 0 Å². The number of anilines is 1. The Kier molecular flexibility index (Phi) is 29.2. The first-order valence-electron chi connectivity index (χ1n) is 35.1. The lowest BCUT2D eigenvalue weighted by Gasteiger charge is -2.31.